The molecule has 1 N–H and O–H groups in total. The second kappa shape index (κ2) is 6.95. The van der Waals surface area contributed by atoms with Gasteiger partial charge in [-0.3, -0.25) is 0 Å². The van der Waals surface area contributed by atoms with E-state index in [1.807, 2.05) is 0 Å². The Hall–Kier alpha value is -1.02. The highest BCUT2D eigenvalue weighted by atomic mass is 16.5. The first kappa shape index (κ1) is 14.4. The number of nitrogens with one attached hydrogen (secondary N) is 1. The molecular weight excluding hydrogens is 234 g/mol. The quantitative estimate of drug-likeness (QED) is 0.803. The third-order valence-electron chi connectivity index (χ3n) is 3.78. The first-order chi connectivity index (χ1) is 9.15. The Bertz CT molecular complexity index is 396. The molecule has 2 rings (SSSR count). The van der Waals surface area contributed by atoms with Gasteiger partial charge in [-0.15, -0.1) is 0 Å². The van der Waals surface area contributed by atoms with E-state index in [0.29, 0.717) is 5.92 Å². The highest BCUT2D eigenvalue weighted by molar-refractivity contribution is 5.36. The van der Waals surface area contributed by atoms with Crippen molar-refractivity contribution in [3.8, 4) is 5.75 Å². The van der Waals surface area contributed by atoms with Crippen LogP contribution in [0.5, 0.6) is 5.75 Å². The summed E-state index contributed by atoms with van der Waals surface area (Å²) in [6.07, 6.45) is 4.06. The smallest absolute Gasteiger partial charge is 0.123 e. The van der Waals surface area contributed by atoms with Crippen LogP contribution in [0.15, 0.2) is 18.2 Å². The fourth-order valence-corrected chi connectivity index (χ4v) is 2.35. The van der Waals surface area contributed by atoms with Gasteiger partial charge in [0.15, 0.2) is 0 Å². The van der Waals surface area contributed by atoms with Gasteiger partial charge in [0.25, 0.3) is 0 Å². The molecule has 0 saturated heterocycles. The summed E-state index contributed by atoms with van der Waals surface area (Å²) in [5, 5.41) is 3.50. The van der Waals surface area contributed by atoms with Crippen molar-refractivity contribution in [2.24, 2.45) is 11.8 Å². The van der Waals surface area contributed by atoms with Crippen LogP contribution in [0.2, 0.25) is 0 Å². The maximum absolute atomic E-state index is 6.01. The SMILES string of the molecule is Cc1ccc(OCC2CCC2)c(CNCC(C)C)c1. The molecule has 1 aromatic rings. The van der Waals surface area contributed by atoms with Crippen molar-refractivity contribution in [2.45, 2.75) is 46.6 Å². The van der Waals surface area contributed by atoms with E-state index >= 15 is 0 Å². The van der Waals surface area contributed by atoms with Crippen molar-refractivity contribution in [1.29, 1.82) is 0 Å². The Morgan fingerprint density at radius 2 is 2.11 bits per heavy atom. The van der Waals surface area contributed by atoms with Crippen LogP contribution in [-0.4, -0.2) is 13.2 Å². The Kier molecular flexibility index (Phi) is 5.26. The van der Waals surface area contributed by atoms with Crippen LogP contribution in [0.3, 0.4) is 0 Å². The van der Waals surface area contributed by atoms with Crippen LogP contribution in [-0.2, 0) is 6.54 Å². The van der Waals surface area contributed by atoms with Gasteiger partial charge < -0.3 is 10.1 Å². The van der Waals surface area contributed by atoms with Gasteiger partial charge in [0.1, 0.15) is 5.75 Å². The van der Waals surface area contributed by atoms with Gasteiger partial charge >= 0.3 is 0 Å². The molecule has 1 aliphatic carbocycles. The molecule has 2 heteroatoms. The third-order valence-corrected chi connectivity index (χ3v) is 3.78. The molecule has 1 aromatic carbocycles. The minimum absolute atomic E-state index is 0.684. The van der Waals surface area contributed by atoms with E-state index < -0.39 is 0 Å². The molecule has 0 spiro atoms. The van der Waals surface area contributed by atoms with Gasteiger partial charge in [0.2, 0.25) is 0 Å². The predicted octanol–water partition coefficient (Wildman–Crippen LogP) is 3.92. The van der Waals surface area contributed by atoms with Gasteiger partial charge in [-0.1, -0.05) is 38.0 Å². The average Bonchev–Trinajstić information content (AvgIpc) is 2.29. The van der Waals surface area contributed by atoms with E-state index in [-0.39, 0.29) is 0 Å². The van der Waals surface area contributed by atoms with E-state index in [2.05, 4.69) is 44.3 Å². The van der Waals surface area contributed by atoms with Crippen molar-refractivity contribution in [3.63, 3.8) is 0 Å². The topological polar surface area (TPSA) is 21.3 Å². The minimum atomic E-state index is 0.684. The van der Waals surface area contributed by atoms with Gasteiger partial charge in [-0.25, -0.2) is 0 Å². The number of benzene rings is 1. The highest BCUT2D eigenvalue weighted by Crippen LogP contribution is 2.28. The van der Waals surface area contributed by atoms with E-state index in [1.165, 1.54) is 30.4 Å². The summed E-state index contributed by atoms with van der Waals surface area (Å²) in [5.74, 6) is 2.54. The first-order valence-corrected chi connectivity index (χ1v) is 7.58. The second-order valence-electron chi connectivity index (χ2n) is 6.24. The first-order valence-electron chi connectivity index (χ1n) is 7.58. The van der Waals surface area contributed by atoms with Crippen LogP contribution in [0.25, 0.3) is 0 Å². The molecular formula is C17H27NO. The molecule has 2 nitrogen and oxygen atoms in total. The molecule has 0 bridgehead atoms. The zero-order chi connectivity index (χ0) is 13.7. The summed E-state index contributed by atoms with van der Waals surface area (Å²) < 4.78 is 6.01. The summed E-state index contributed by atoms with van der Waals surface area (Å²) in [4.78, 5) is 0. The normalized spacial score (nSPS) is 15.6. The van der Waals surface area contributed by atoms with Gasteiger partial charge in [-0.05, 0) is 44.2 Å². The fraction of sp³-hybridized carbons (Fsp3) is 0.647. The van der Waals surface area contributed by atoms with E-state index in [4.69, 9.17) is 4.74 Å². The second-order valence-corrected chi connectivity index (χ2v) is 6.24. The molecule has 0 aliphatic heterocycles. The molecule has 0 radical (unpaired) electrons. The molecule has 0 unspecified atom stereocenters. The van der Waals surface area contributed by atoms with E-state index in [1.54, 1.807) is 0 Å². The summed E-state index contributed by atoms with van der Waals surface area (Å²) in [5.41, 5.74) is 2.59. The van der Waals surface area contributed by atoms with Crippen molar-refractivity contribution in [3.05, 3.63) is 29.3 Å². The number of aryl methyl sites for hydroxylation is 1. The third kappa shape index (κ3) is 4.54. The maximum Gasteiger partial charge on any atom is 0.123 e. The van der Waals surface area contributed by atoms with Crippen LogP contribution >= 0.6 is 0 Å². The lowest BCUT2D eigenvalue weighted by molar-refractivity contribution is 0.179. The number of rotatable bonds is 7. The summed E-state index contributed by atoms with van der Waals surface area (Å²) in [6, 6.07) is 6.51. The summed E-state index contributed by atoms with van der Waals surface area (Å²) in [6.45, 7) is 9.45. The number of hydrogen-bond donors (Lipinski definition) is 1. The van der Waals surface area contributed by atoms with Crippen LogP contribution in [0.4, 0.5) is 0 Å². The molecule has 0 amide bonds. The highest BCUT2D eigenvalue weighted by Gasteiger charge is 2.18. The minimum Gasteiger partial charge on any atom is -0.493 e. The van der Waals surface area contributed by atoms with Gasteiger partial charge in [0.05, 0.1) is 6.61 Å². The molecule has 1 fully saturated rings. The zero-order valence-electron chi connectivity index (χ0n) is 12.5. The maximum atomic E-state index is 6.01. The lowest BCUT2D eigenvalue weighted by Crippen LogP contribution is -2.21. The summed E-state index contributed by atoms with van der Waals surface area (Å²) >= 11 is 0. The largest absolute Gasteiger partial charge is 0.493 e. The lowest BCUT2D eigenvalue weighted by Gasteiger charge is -2.26. The van der Waals surface area contributed by atoms with Crippen LogP contribution < -0.4 is 10.1 Å². The van der Waals surface area contributed by atoms with Gasteiger partial charge in [-0.2, -0.15) is 0 Å². The van der Waals surface area contributed by atoms with Crippen LogP contribution in [0.1, 0.15) is 44.2 Å². The summed E-state index contributed by atoms with van der Waals surface area (Å²) in [7, 11) is 0. The Balaban J connectivity index is 1.91. The van der Waals surface area contributed by atoms with E-state index in [9.17, 15) is 0 Å². The number of hydrogen-bond acceptors (Lipinski definition) is 2. The predicted molar refractivity (Wildman–Crippen MR) is 80.6 cm³/mol. The van der Waals surface area contributed by atoms with E-state index in [0.717, 1.165) is 31.4 Å². The van der Waals surface area contributed by atoms with Crippen molar-refractivity contribution < 1.29 is 4.74 Å². The lowest BCUT2D eigenvalue weighted by atomic mass is 9.86. The Morgan fingerprint density at radius 3 is 2.74 bits per heavy atom. The molecule has 106 valence electrons. The zero-order valence-corrected chi connectivity index (χ0v) is 12.5. The standard InChI is InChI=1S/C17H27NO/c1-13(2)10-18-11-16-9-14(3)7-8-17(16)19-12-15-5-4-6-15/h7-9,13,15,18H,4-6,10-12H2,1-3H3. The Labute approximate surface area is 117 Å². The molecule has 0 aromatic heterocycles. The molecule has 19 heavy (non-hydrogen) atoms. The average molecular weight is 261 g/mol. The molecule has 1 aliphatic rings. The molecule has 1 saturated carbocycles. The number of ether oxygens (including phenoxy) is 1. The van der Waals surface area contributed by atoms with Crippen molar-refractivity contribution in [2.75, 3.05) is 13.2 Å². The fourth-order valence-electron chi connectivity index (χ4n) is 2.35. The van der Waals surface area contributed by atoms with Crippen LogP contribution in [0, 0.1) is 18.8 Å². The monoisotopic (exact) mass is 261 g/mol. The van der Waals surface area contributed by atoms with Crippen molar-refractivity contribution >= 4 is 0 Å². The molecule has 0 atom stereocenters. The molecule has 0 heterocycles. The Morgan fingerprint density at radius 1 is 1.32 bits per heavy atom. The van der Waals surface area contributed by atoms with Crippen molar-refractivity contribution in [1.82, 2.24) is 5.32 Å². The van der Waals surface area contributed by atoms with Gasteiger partial charge in [0, 0.05) is 12.1 Å².